The number of rotatable bonds is 1. The minimum Gasteiger partial charge on any atom is -0.375 e. The molecule has 0 aliphatic carbocycles. The van der Waals surface area contributed by atoms with Crippen LogP contribution in [0.3, 0.4) is 0 Å². The molecule has 0 saturated carbocycles. The SMILES string of the molecule is CN(C)c1c(Br)n(C)c2cc(Br)c(Br)cc12. The van der Waals surface area contributed by atoms with Gasteiger partial charge in [0.15, 0.2) is 0 Å². The van der Waals surface area contributed by atoms with Crippen molar-refractivity contribution >= 4 is 64.4 Å². The van der Waals surface area contributed by atoms with Crippen molar-refractivity contribution in [1.29, 1.82) is 0 Å². The molecule has 1 heterocycles. The second-order valence-electron chi connectivity index (χ2n) is 3.88. The van der Waals surface area contributed by atoms with Crippen LogP contribution in [0.4, 0.5) is 5.69 Å². The second kappa shape index (κ2) is 4.35. The minimum absolute atomic E-state index is 1.07. The quantitative estimate of drug-likeness (QED) is 0.670. The molecule has 5 heteroatoms. The molecule has 2 rings (SSSR count). The van der Waals surface area contributed by atoms with Crippen molar-refractivity contribution in [1.82, 2.24) is 4.57 Å². The van der Waals surface area contributed by atoms with Gasteiger partial charge in [-0.15, -0.1) is 0 Å². The molecule has 86 valence electrons. The Labute approximate surface area is 120 Å². The number of benzene rings is 1. The fourth-order valence-electron chi connectivity index (χ4n) is 1.80. The lowest BCUT2D eigenvalue weighted by Crippen LogP contribution is -2.08. The molecule has 1 aromatic heterocycles. The normalized spacial score (nSPS) is 11.1. The fourth-order valence-corrected chi connectivity index (χ4v) is 3.24. The number of aromatic nitrogens is 1. The maximum atomic E-state index is 3.63. The number of nitrogens with zero attached hydrogens (tertiary/aromatic N) is 2. The number of hydrogen-bond donors (Lipinski definition) is 0. The second-order valence-corrected chi connectivity index (χ2v) is 6.34. The zero-order valence-corrected chi connectivity index (χ0v) is 13.9. The van der Waals surface area contributed by atoms with E-state index in [2.05, 4.69) is 90.5 Å². The molecular formula is C11H11Br3N2. The van der Waals surface area contributed by atoms with E-state index in [9.17, 15) is 0 Å². The van der Waals surface area contributed by atoms with E-state index in [1.54, 1.807) is 0 Å². The number of fused-ring (bicyclic) bond motifs is 1. The number of halogens is 3. The summed E-state index contributed by atoms with van der Waals surface area (Å²) in [5, 5.41) is 1.23. The largest absolute Gasteiger partial charge is 0.375 e. The van der Waals surface area contributed by atoms with E-state index < -0.39 is 0 Å². The molecule has 0 saturated heterocycles. The van der Waals surface area contributed by atoms with E-state index in [-0.39, 0.29) is 0 Å². The number of hydrogen-bond acceptors (Lipinski definition) is 1. The molecule has 0 unspecified atom stereocenters. The zero-order chi connectivity index (χ0) is 12.0. The van der Waals surface area contributed by atoms with Crippen LogP contribution in [0.5, 0.6) is 0 Å². The molecule has 0 radical (unpaired) electrons. The highest BCUT2D eigenvalue weighted by Gasteiger charge is 2.16. The zero-order valence-electron chi connectivity index (χ0n) is 9.18. The van der Waals surface area contributed by atoms with Gasteiger partial charge in [0.1, 0.15) is 4.60 Å². The predicted octanol–water partition coefficient (Wildman–Crippen LogP) is 4.53. The topological polar surface area (TPSA) is 8.17 Å². The van der Waals surface area contributed by atoms with Crippen LogP contribution in [-0.4, -0.2) is 18.7 Å². The fraction of sp³-hybridized carbons (Fsp3) is 0.273. The van der Waals surface area contributed by atoms with Gasteiger partial charge in [-0.05, 0) is 59.9 Å². The van der Waals surface area contributed by atoms with Gasteiger partial charge in [-0.25, -0.2) is 0 Å². The summed E-state index contributed by atoms with van der Waals surface area (Å²) < 4.78 is 5.37. The molecular weight excluding hydrogens is 400 g/mol. The van der Waals surface area contributed by atoms with Crippen LogP contribution in [0.25, 0.3) is 10.9 Å². The number of aryl methyl sites for hydroxylation is 1. The van der Waals surface area contributed by atoms with E-state index >= 15 is 0 Å². The van der Waals surface area contributed by atoms with Gasteiger partial charge in [-0.1, -0.05) is 0 Å². The van der Waals surface area contributed by atoms with E-state index in [4.69, 9.17) is 0 Å². The summed E-state index contributed by atoms with van der Waals surface area (Å²) in [6.45, 7) is 0. The standard InChI is InChI=1S/C11H11Br3N2/c1-15(2)10-6-4-7(12)8(13)5-9(6)16(3)11(10)14/h4-5H,1-3H3. The molecule has 0 spiro atoms. The molecule has 1 aromatic carbocycles. The Kier molecular flexibility index (Phi) is 3.39. The highest BCUT2D eigenvalue weighted by molar-refractivity contribution is 9.13. The summed E-state index contributed by atoms with van der Waals surface area (Å²) in [6, 6.07) is 4.26. The third kappa shape index (κ3) is 1.83. The maximum Gasteiger partial charge on any atom is 0.109 e. The van der Waals surface area contributed by atoms with Crippen LogP contribution < -0.4 is 4.90 Å². The lowest BCUT2D eigenvalue weighted by molar-refractivity contribution is 0.933. The summed E-state index contributed by atoms with van der Waals surface area (Å²) in [6.07, 6.45) is 0. The van der Waals surface area contributed by atoms with Crippen LogP contribution in [0, 0.1) is 0 Å². The Bertz CT molecular complexity index is 558. The maximum absolute atomic E-state index is 3.63. The van der Waals surface area contributed by atoms with Crippen molar-refractivity contribution in [3.63, 3.8) is 0 Å². The molecule has 0 fully saturated rings. The van der Waals surface area contributed by atoms with Crippen LogP contribution >= 0.6 is 47.8 Å². The summed E-state index contributed by atoms with van der Waals surface area (Å²) in [5.41, 5.74) is 2.40. The molecule has 2 aromatic rings. The van der Waals surface area contributed by atoms with Crippen LogP contribution in [0.15, 0.2) is 25.7 Å². The van der Waals surface area contributed by atoms with Gasteiger partial charge in [-0.2, -0.15) is 0 Å². The first-order chi connectivity index (χ1) is 7.43. The first kappa shape index (κ1) is 12.5. The van der Waals surface area contributed by atoms with E-state index in [0.717, 1.165) is 13.5 Å². The Balaban J connectivity index is 2.91. The Morgan fingerprint density at radius 2 is 1.62 bits per heavy atom. The van der Waals surface area contributed by atoms with Gasteiger partial charge in [0, 0.05) is 35.5 Å². The Morgan fingerprint density at radius 3 is 2.19 bits per heavy atom. The van der Waals surface area contributed by atoms with Gasteiger partial charge in [0.2, 0.25) is 0 Å². The van der Waals surface area contributed by atoms with E-state index in [1.165, 1.54) is 16.6 Å². The van der Waals surface area contributed by atoms with E-state index in [0.29, 0.717) is 0 Å². The van der Waals surface area contributed by atoms with Crippen LogP contribution in [0.2, 0.25) is 0 Å². The van der Waals surface area contributed by atoms with Crippen molar-refractivity contribution in [2.45, 2.75) is 0 Å². The third-order valence-electron chi connectivity index (χ3n) is 2.59. The van der Waals surface area contributed by atoms with Gasteiger partial charge in [0.25, 0.3) is 0 Å². The molecule has 16 heavy (non-hydrogen) atoms. The van der Waals surface area contributed by atoms with Crippen molar-refractivity contribution < 1.29 is 0 Å². The Hall–Kier alpha value is -0.000000000000000111. The van der Waals surface area contributed by atoms with E-state index in [1.807, 2.05) is 0 Å². The van der Waals surface area contributed by atoms with Gasteiger partial charge >= 0.3 is 0 Å². The molecule has 0 N–H and O–H groups in total. The highest BCUT2D eigenvalue weighted by atomic mass is 79.9. The first-order valence-corrected chi connectivity index (χ1v) is 7.11. The van der Waals surface area contributed by atoms with Gasteiger partial charge in [0.05, 0.1) is 11.2 Å². The minimum atomic E-state index is 1.07. The summed E-state index contributed by atoms with van der Waals surface area (Å²) in [4.78, 5) is 2.12. The third-order valence-corrected chi connectivity index (χ3v) is 5.34. The van der Waals surface area contributed by atoms with Gasteiger partial charge in [-0.3, -0.25) is 0 Å². The van der Waals surface area contributed by atoms with Crippen molar-refractivity contribution in [3.05, 3.63) is 25.7 Å². The molecule has 0 atom stereocenters. The smallest absolute Gasteiger partial charge is 0.109 e. The van der Waals surface area contributed by atoms with Crippen molar-refractivity contribution in [3.8, 4) is 0 Å². The number of anilines is 1. The van der Waals surface area contributed by atoms with Gasteiger partial charge < -0.3 is 9.47 Å². The molecule has 0 aliphatic heterocycles. The molecule has 0 amide bonds. The lowest BCUT2D eigenvalue weighted by Gasteiger charge is -2.12. The molecule has 0 aliphatic rings. The molecule has 2 nitrogen and oxygen atoms in total. The average molecular weight is 411 g/mol. The monoisotopic (exact) mass is 408 g/mol. The summed E-state index contributed by atoms with van der Waals surface area (Å²) >= 11 is 10.7. The molecule has 0 bridgehead atoms. The summed E-state index contributed by atoms with van der Waals surface area (Å²) in [7, 11) is 6.16. The Morgan fingerprint density at radius 1 is 1.06 bits per heavy atom. The summed E-state index contributed by atoms with van der Waals surface area (Å²) in [5.74, 6) is 0. The van der Waals surface area contributed by atoms with Crippen LogP contribution in [0.1, 0.15) is 0 Å². The first-order valence-electron chi connectivity index (χ1n) is 4.73. The van der Waals surface area contributed by atoms with Crippen molar-refractivity contribution in [2.75, 3.05) is 19.0 Å². The highest BCUT2D eigenvalue weighted by Crippen LogP contribution is 2.39. The lowest BCUT2D eigenvalue weighted by atomic mass is 10.2. The average Bonchev–Trinajstić information content (AvgIpc) is 2.42. The van der Waals surface area contributed by atoms with Crippen molar-refractivity contribution in [2.24, 2.45) is 7.05 Å². The van der Waals surface area contributed by atoms with Crippen LogP contribution in [-0.2, 0) is 7.05 Å². The predicted molar refractivity (Wildman–Crippen MR) is 80.3 cm³/mol.